The number of aliphatic hydroxyl groups is 1. The van der Waals surface area contributed by atoms with Crippen molar-refractivity contribution in [3.05, 3.63) is 33.7 Å². The average Bonchev–Trinajstić information content (AvgIpc) is 3.27. The van der Waals surface area contributed by atoms with Gasteiger partial charge in [-0.15, -0.1) is 11.3 Å². The molecule has 29 heavy (non-hydrogen) atoms. The molecule has 2 fully saturated rings. The van der Waals surface area contributed by atoms with E-state index in [0.29, 0.717) is 31.5 Å². The maximum absolute atomic E-state index is 13.2. The number of fused-ring (bicyclic) bond motifs is 1. The van der Waals surface area contributed by atoms with Crippen LogP contribution in [0.15, 0.2) is 23.2 Å². The van der Waals surface area contributed by atoms with Gasteiger partial charge in [-0.25, -0.2) is 4.79 Å². The van der Waals surface area contributed by atoms with Gasteiger partial charge in [0, 0.05) is 42.1 Å². The maximum Gasteiger partial charge on any atom is 0.317 e. The number of allylic oxidation sites excluding steroid dienone is 2. The molecule has 1 aromatic heterocycles. The van der Waals surface area contributed by atoms with Gasteiger partial charge in [0.15, 0.2) is 0 Å². The number of nitrogens with one attached hydrogen (secondary N) is 1. The quantitative estimate of drug-likeness (QED) is 0.787. The fourth-order valence-corrected chi connectivity index (χ4v) is 5.93. The standard InChI is InChI=1S/C22H31N3O3S/c26-13-9-23-22(28)24-11-7-17(8-12-24)20-14-18(15-29-20)21(27)25-10-3-5-16-4-1-2-6-19(16)25/h6,14-17,26H,1-5,7-13H2,(H,23,28). The summed E-state index contributed by atoms with van der Waals surface area (Å²) in [5, 5.41) is 13.6. The number of carbonyl (C=O) groups excluding carboxylic acids is 2. The first-order valence-electron chi connectivity index (χ1n) is 10.9. The number of urea groups is 1. The van der Waals surface area contributed by atoms with Gasteiger partial charge in [0.1, 0.15) is 0 Å². The third-order valence-electron chi connectivity index (χ3n) is 6.46. The number of carbonyl (C=O) groups is 2. The highest BCUT2D eigenvalue weighted by Crippen LogP contribution is 2.37. The van der Waals surface area contributed by atoms with Crippen molar-refractivity contribution in [1.29, 1.82) is 0 Å². The smallest absolute Gasteiger partial charge is 0.317 e. The molecule has 1 aromatic rings. The predicted molar refractivity (Wildman–Crippen MR) is 114 cm³/mol. The molecule has 3 aliphatic rings. The lowest BCUT2D eigenvalue weighted by molar-refractivity contribution is 0.0749. The van der Waals surface area contributed by atoms with E-state index in [-0.39, 0.29) is 18.5 Å². The highest BCUT2D eigenvalue weighted by atomic mass is 32.1. The van der Waals surface area contributed by atoms with Crippen molar-refractivity contribution in [1.82, 2.24) is 15.1 Å². The predicted octanol–water partition coefficient (Wildman–Crippen LogP) is 3.55. The molecule has 2 aliphatic heterocycles. The van der Waals surface area contributed by atoms with E-state index in [0.717, 1.165) is 37.8 Å². The molecule has 2 N–H and O–H groups in total. The lowest BCUT2D eigenvalue weighted by atomic mass is 9.84. The summed E-state index contributed by atoms with van der Waals surface area (Å²) in [4.78, 5) is 30.3. The summed E-state index contributed by atoms with van der Waals surface area (Å²) in [6.07, 6.45) is 9.99. The molecule has 1 unspecified atom stereocenters. The van der Waals surface area contributed by atoms with Crippen molar-refractivity contribution in [2.75, 3.05) is 32.8 Å². The molecule has 1 atom stereocenters. The molecule has 4 rings (SSSR count). The zero-order chi connectivity index (χ0) is 20.2. The summed E-state index contributed by atoms with van der Waals surface area (Å²) >= 11 is 1.68. The Bertz CT molecular complexity index is 767. The second-order valence-electron chi connectivity index (χ2n) is 8.31. The first-order chi connectivity index (χ1) is 14.2. The molecular weight excluding hydrogens is 386 g/mol. The molecule has 0 bridgehead atoms. The van der Waals surface area contributed by atoms with Gasteiger partial charge in [0.25, 0.3) is 5.91 Å². The van der Waals surface area contributed by atoms with E-state index in [1.54, 1.807) is 11.3 Å². The SMILES string of the molecule is O=C(NCCO)N1CCC(c2cc(C(=O)N3CCCC4CCCC=C43)cs2)CC1. The third kappa shape index (κ3) is 4.51. The van der Waals surface area contributed by atoms with Crippen LogP contribution in [0.5, 0.6) is 0 Å². The molecule has 0 radical (unpaired) electrons. The van der Waals surface area contributed by atoms with Crippen LogP contribution in [0.2, 0.25) is 0 Å². The molecule has 3 amide bonds. The van der Waals surface area contributed by atoms with Gasteiger partial charge in [0.2, 0.25) is 0 Å². The van der Waals surface area contributed by atoms with Gasteiger partial charge in [-0.2, -0.15) is 0 Å². The van der Waals surface area contributed by atoms with Gasteiger partial charge < -0.3 is 20.2 Å². The van der Waals surface area contributed by atoms with E-state index in [1.807, 2.05) is 15.2 Å². The Hall–Kier alpha value is -1.86. The van der Waals surface area contributed by atoms with Gasteiger partial charge >= 0.3 is 6.03 Å². The molecule has 1 aliphatic carbocycles. The fraction of sp³-hybridized carbons (Fsp3) is 0.636. The summed E-state index contributed by atoms with van der Waals surface area (Å²) in [6.45, 7) is 2.52. The van der Waals surface area contributed by atoms with Crippen LogP contribution in [0.4, 0.5) is 4.79 Å². The lowest BCUT2D eigenvalue weighted by Crippen LogP contribution is -2.44. The Balaban J connectivity index is 1.37. The summed E-state index contributed by atoms with van der Waals surface area (Å²) in [5.74, 6) is 1.14. The largest absolute Gasteiger partial charge is 0.395 e. The van der Waals surface area contributed by atoms with Crippen LogP contribution in [-0.4, -0.2) is 59.6 Å². The zero-order valence-corrected chi connectivity index (χ0v) is 17.8. The number of piperidine rings is 2. The first-order valence-corrected chi connectivity index (χ1v) is 11.8. The molecule has 0 aromatic carbocycles. The number of nitrogens with zero attached hydrogens (tertiary/aromatic N) is 2. The minimum absolute atomic E-state index is 0.0388. The Morgan fingerprint density at radius 3 is 2.69 bits per heavy atom. The Labute approximate surface area is 176 Å². The number of amides is 3. The summed E-state index contributed by atoms with van der Waals surface area (Å²) in [6, 6.07) is 1.99. The van der Waals surface area contributed by atoms with Crippen molar-refractivity contribution in [2.24, 2.45) is 5.92 Å². The van der Waals surface area contributed by atoms with E-state index >= 15 is 0 Å². The summed E-state index contributed by atoms with van der Waals surface area (Å²) < 4.78 is 0. The molecule has 0 spiro atoms. The minimum Gasteiger partial charge on any atom is -0.395 e. The highest BCUT2D eigenvalue weighted by Gasteiger charge is 2.32. The Kier molecular flexibility index (Phi) is 6.55. The van der Waals surface area contributed by atoms with Crippen molar-refractivity contribution in [3.63, 3.8) is 0 Å². The number of thiophene rings is 1. The highest BCUT2D eigenvalue weighted by molar-refractivity contribution is 7.10. The van der Waals surface area contributed by atoms with Gasteiger partial charge in [-0.1, -0.05) is 6.08 Å². The van der Waals surface area contributed by atoms with E-state index < -0.39 is 0 Å². The number of likely N-dealkylation sites (tertiary alicyclic amines) is 2. The molecule has 7 heteroatoms. The van der Waals surface area contributed by atoms with Crippen LogP contribution in [-0.2, 0) is 0 Å². The van der Waals surface area contributed by atoms with Crippen molar-refractivity contribution in [2.45, 2.75) is 50.9 Å². The second kappa shape index (κ2) is 9.30. The lowest BCUT2D eigenvalue weighted by Gasteiger charge is -2.37. The van der Waals surface area contributed by atoms with Gasteiger partial charge in [-0.05, 0) is 62.8 Å². The molecule has 3 heterocycles. The van der Waals surface area contributed by atoms with Gasteiger partial charge in [0.05, 0.1) is 12.2 Å². The van der Waals surface area contributed by atoms with E-state index in [2.05, 4.69) is 17.5 Å². The molecule has 6 nitrogen and oxygen atoms in total. The van der Waals surface area contributed by atoms with Crippen LogP contribution in [0.3, 0.4) is 0 Å². The van der Waals surface area contributed by atoms with Crippen molar-refractivity contribution < 1.29 is 14.7 Å². The normalized spacial score (nSPS) is 22.8. The number of hydrogen-bond donors (Lipinski definition) is 2. The average molecular weight is 418 g/mol. The maximum atomic E-state index is 13.2. The molecular formula is C22H31N3O3S. The molecule has 0 saturated carbocycles. The van der Waals surface area contributed by atoms with Crippen LogP contribution < -0.4 is 5.32 Å². The van der Waals surface area contributed by atoms with E-state index in [9.17, 15) is 9.59 Å². The molecule has 2 saturated heterocycles. The fourth-order valence-electron chi connectivity index (χ4n) is 4.87. The Morgan fingerprint density at radius 2 is 1.90 bits per heavy atom. The number of rotatable bonds is 4. The van der Waals surface area contributed by atoms with Crippen LogP contribution in [0.25, 0.3) is 0 Å². The molecule has 158 valence electrons. The number of aliphatic hydroxyl groups excluding tert-OH is 1. The summed E-state index contributed by atoms with van der Waals surface area (Å²) in [5.41, 5.74) is 2.09. The van der Waals surface area contributed by atoms with Crippen LogP contribution in [0.1, 0.15) is 66.1 Å². The van der Waals surface area contributed by atoms with Crippen LogP contribution >= 0.6 is 11.3 Å². The zero-order valence-electron chi connectivity index (χ0n) is 16.9. The minimum atomic E-state index is -0.0973. The number of hydrogen-bond acceptors (Lipinski definition) is 4. The monoisotopic (exact) mass is 417 g/mol. The van der Waals surface area contributed by atoms with E-state index in [4.69, 9.17) is 5.11 Å². The van der Waals surface area contributed by atoms with Crippen LogP contribution in [0, 0.1) is 5.92 Å². The first kappa shape index (κ1) is 20.4. The Morgan fingerprint density at radius 1 is 1.10 bits per heavy atom. The second-order valence-corrected chi connectivity index (χ2v) is 9.25. The van der Waals surface area contributed by atoms with Crippen molar-refractivity contribution >= 4 is 23.3 Å². The topological polar surface area (TPSA) is 72.9 Å². The van der Waals surface area contributed by atoms with E-state index in [1.165, 1.54) is 29.8 Å². The van der Waals surface area contributed by atoms with Gasteiger partial charge in [-0.3, -0.25) is 4.79 Å². The van der Waals surface area contributed by atoms with Crippen molar-refractivity contribution in [3.8, 4) is 0 Å². The summed E-state index contributed by atoms with van der Waals surface area (Å²) in [7, 11) is 0. The third-order valence-corrected chi connectivity index (χ3v) is 7.55.